The van der Waals surface area contributed by atoms with Gasteiger partial charge in [0.25, 0.3) is 0 Å². The second kappa shape index (κ2) is 3.95. The first kappa shape index (κ1) is 11.0. The highest BCUT2D eigenvalue weighted by Gasteiger charge is 2.35. The van der Waals surface area contributed by atoms with Crippen molar-refractivity contribution in [3.05, 3.63) is 0 Å². The lowest BCUT2D eigenvalue weighted by atomic mass is 9.76. The Morgan fingerprint density at radius 3 is 2.38 bits per heavy atom. The molecule has 1 heterocycles. The van der Waals surface area contributed by atoms with Crippen LogP contribution in [0.5, 0.6) is 0 Å². The summed E-state index contributed by atoms with van der Waals surface area (Å²) in [5.41, 5.74) is 0.168. The van der Waals surface area contributed by atoms with Crippen LogP contribution in [-0.2, 0) is 4.74 Å². The standard InChI is InChI=1S/C10H20O3/c1-10(2,3)7-4-8(12)9(5-11)13-6-7/h7-9,11-12H,4-6H2,1-3H3. The van der Waals surface area contributed by atoms with E-state index in [2.05, 4.69) is 20.8 Å². The average molecular weight is 188 g/mol. The molecule has 13 heavy (non-hydrogen) atoms. The maximum Gasteiger partial charge on any atom is 0.106 e. The first-order valence-electron chi connectivity index (χ1n) is 4.85. The molecule has 3 atom stereocenters. The highest BCUT2D eigenvalue weighted by molar-refractivity contribution is 4.84. The van der Waals surface area contributed by atoms with E-state index >= 15 is 0 Å². The minimum absolute atomic E-state index is 0.0853. The van der Waals surface area contributed by atoms with Gasteiger partial charge in [-0.25, -0.2) is 0 Å². The molecule has 0 radical (unpaired) electrons. The SMILES string of the molecule is CC(C)(C)C1COC(CO)C(O)C1. The lowest BCUT2D eigenvalue weighted by Gasteiger charge is -2.39. The van der Waals surface area contributed by atoms with Gasteiger partial charge in [-0.2, -0.15) is 0 Å². The van der Waals surface area contributed by atoms with Crippen LogP contribution in [0.1, 0.15) is 27.2 Å². The summed E-state index contributed by atoms with van der Waals surface area (Å²) >= 11 is 0. The number of ether oxygens (including phenoxy) is 1. The third-order valence-electron chi connectivity index (χ3n) is 2.87. The first-order chi connectivity index (χ1) is 5.95. The summed E-state index contributed by atoms with van der Waals surface area (Å²) in [5, 5.41) is 18.5. The molecule has 0 aromatic carbocycles. The summed E-state index contributed by atoms with van der Waals surface area (Å²) in [6.07, 6.45) is -0.157. The molecule has 3 nitrogen and oxygen atoms in total. The van der Waals surface area contributed by atoms with Crippen LogP contribution in [0.4, 0.5) is 0 Å². The highest BCUT2D eigenvalue weighted by atomic mass is 16.5. The van der Waals surface area contributed by atoms with Gasteiger partial charge in [-0.15, -0.1) is 0 Å². The Labute approximate surface area is 79.7 Å². The molecule has 0 bridgehead atoms. The number of hydrogen-bond donors (Lipinski definition) is 2. The highest BCUT2D eigenvalue weighted by Crippen LogP contribution is 2.33. The van der Waals surface area contributed by atoms with Crippen molar-refractivity contribution in [2.45, 2.75) is 39.4 Å². The van der Waals surface area contributed by atoms with Crippen molar-refractivity contribution < 1.29 is 14.9 Å². The second-order valence-electron chi connectivity index (χ2n) is 4.92. The zero-order valence-corrected chi connectivity index (χ0v) is 8.66. The Bertz CT molecular complexity index is 162. The van der Waals surface area contributed by atoms with Gasteiger partial charge in [-0.1, -0.05) is 20.8 Å². The molecule has 2 N–H and O–H groups in total. The van der Waals surface area contributed by atoms with Crippen molar-refractivity contribution in [1.29, 1.82) is 0 Å². The number of rotatable bonds is 1. The lowest BCUT2D eigenvalue weighted by Crippen LogP contribution is -2.44. The quantitative estimate of drug-likeness (QED) is 0.639. The molecule has 3 unspecified atom stereocenters. The lowest BCUT2D eigenvalue weighted by molar-refractivity contribution is -0.133. The van der Waals surface area contributed by atoms with E-state index in [0.29, 0.717) is 12.5 Å². The first-order valence-corrected chi connectivity index (χ1v) is 4.85. The van der Waals surface area contributed by atoms with E-state index in [9.17, 15) is 5.11 Å². The molecule has 1 rings (SSSR count). The van der Waals surface area contributed by atoms with E-state index in [1.54, 1.807) is 0 Å². The molecular formula is C10H20O3. The molecule has 0 spiro atoms. The van der Waals surface area contributed by atoms with Crippen LogP contribution in [-0.4, -0.2) is 35.6 Å². The Balaban J connectivity index is 2.51. The van der Waals surface area contributed by atoms with Crippen molar-refractivity contribution in [3.63, 3.8) is 0 Å². The summed E-state index contributed by atoms with van der Waals surface area (Å²) in [5.74, 6) is 0.380. The van der Waals surface area contributed by atoms with Crippen molar-refractivity contribution in [3.8, 4) is 0 Å². The van der Waals surface area contributed by atoms with Crippen LogP contribution in [0.25, 0.3) is 0 Å². The summed E-state index contributed by atoms with van der Waals surface area (Å²) < 4.78 is 5.38. The Hall–Kier alpha value is -0.120. The van der Waals surface area contributed by atoms with Gasteiger partial charge in [0.1, 0.15) is 6.10 Å². The molecule has 0 amide bonds. The van der Waals surface area contributed by atoms with Gasteiger partial charge in [-0.3, -0.25) is 0 Å². The smallest absolute Gasteiger partial charge is 0.106 e. The monoisotopic (exact) mass is 188 g/mol. The topological polar surface area (TPSA) is 49.7 Å². The molecular weight excluding hydrogens is 168 g/mol. The minimum atomic E-state index is -0.511. The molecule has 1 aliphatic rings. The second-order valence-corrected chi connectivity index (χ2v) is 4.92. The van der Waals surface area contributed by atoms with Crippen molar-refractivity contribution in [1.82, 2.24) is 0 Å². The molecule has 0 aliphatic carbocycles. The largest absolute Gasteiger partial charge is 0.394 e. The zero-order valence-electron chi connectivity index (χ0n) is 8.66. The predicted molar refractivity (Wildman–Crippen MR) is 50.4 cm³/mol. The Morgan fingerprint density at radius 1 is 1.38 bits per heavy atom. The van der Waals surface area contributed by atoms with Gasteiger partial charge < -0.3 is 14.9 Å². The van der Waals surface area contributed by atoms with Crippen LogP contribution in [0.2, 0.25) is 0 Å². The van der Waals surface area contributed by atoms with Gasteiger partial charge in [0, 0.05) is 0 Å². The maximum atomic E-state index is 9.62. The fourth-order valence-corrected chi connectivity index (χ4v) is 1.64. The van der Waals surface area contributed by atoms with Crippen LogP contribution in [0.15, 0.2) is 0 Å². The van der Waals surface area contributed by atoms with Crippen LogP contribution in [0.3, 0.4) is 0 Å². The summed E-state index contributed by atoms with van der Waals surface area (Å²) in [7, 11) is 0. The summed E-state index contributed by atoms with van der Waals surface area (Å²) in [6, 6.07) is 0. The van der Waals surface area contributed by atoms with Gasteiger partial charge in [0.05, 0.1) is 19.3 Å². The van der Waals surface area contributed by atoms with Crippen molar-refractivity contribution >= 4 is 0 Å². The minimum Gasteiger partial charge on any atom is -0.394 e. The zero-order chi connectivity index (χ0) is 10.1. The summed E-state index contributed by atoms with van der Waals surface area (Å²) in [6.45, 7) is 7.00. The van der Waals surface area contributed by atoms with E-state index in [4.69, 9.17) is 9.84 Å². The van der Waals surface area contributed by atoms with E-state index in [-0.39, 0.29) is 18.1 Å². The van der Waals surface area contributed by atoms with E-state index in [0.717, 1.165) is 6.42 Å². The average Bonchev–Trinajstić information content (AvgIpc) is 2.02. The molecule has 0 aromatic rings. The Morgan fingerprint density at radius 2 is 2.00 bits per heavy atom. The maximum absolute atomic E-state index is 9.62. The number of aliphatic hydroxyl groups is 2. The molecule has 0 saturated carbocycles. The predicted octanol–water partition coefficient (Wildman–Crippen LogP) is 0.791. The third-order valence-corrected chi connectivity index (χ3v) is 2.87. The van der Waals surface area contributed by atoms with Gasteiger partial charge >= 0.3 is 0 Å². The molecule has 1 aliphatic heterocycles. The molecule has 0 aromatic heterocycles. The van der Waals surface area contributed by atoms with Crippen molar-refractivity contribution in [2.75, 3.05) is 13.2 Å². The van der Waals surface area contributed by atoms with Crippen molar-refractivity contribution in [2.24, 2.45) is 11.3 Å². The molecule has 1 fully saturated rings. The van der Waals surface area contributed by atoms with Gasteiger partial charge in [-0.05, 0) is 17.8 Å². The van der Waals surface area contributed by atoms with Gasteiger partial charge in [0.2, 0.25) is 0 Å². The normalized spacial score (nSPS) is 36.2. The number of hydrogen-bond acceptors (Lipinski definition) is 3. The van der Waals surface area contributed by atoms with E-state index in [1.165, 1.54) is 0 Å². The molecule has 3 heteroatoms. The fourth-order valence-electron chi connectivity index (χ4n) is 1.64. The Kier molecular flexibility index (Phi) is 3.33. The van der Waals surface area contributed by atoms with Crippen LogP contribution < -0.4 is 0 Å². The molecule has 1 saturated heterocycles. The van der Waals surface area contributed by atoms with Crippen LogP contribution in [0, 0.1) is 11.3 Å². The number of aliphatic hydroxyl groups excluding tert-OH is 2. The third kappa shape index (κ3) is 2.66. The summed E-state index contributed by atoms with van der Waals surface area (Å²) in [4.78, 5) is 0. The fraction of sp³-hybridized carbons (Fsp3) is 1.00. The molecule has 78 valence electrons. The van der Waals surface area contributed by atoms with E-state index in [1.807, 2.05) is 0 Å². The van der Waals surface area contributed by atoms with E-state index < -0.39 is 6.10 Å². The van der Waals surface area contributed by atoms with Crippen LogP contribution >= 0.6 is 0 Å². The van der Waals surface area contributed by atoms with Gasteiger partial charge in [0.15, 0.2) is 0 Å².